The standard InChI is InChI=1S/C17H15ClN4O/c1-9(23)16(20)17-21-14-5-3-11(7-15(14)22-17)12-4-2-10(8-19)6-13(12)18/h2-7,9,16,23H,20H2,1H3,(H,21,22)/t9-,16+/m1/s1. The molecule has 1 aromatic heterocycles. The van der Waals surface area contributed by atoms with Crippen molar-refractivity contribution in [1.82, 2.24) is 9.97 Å². The second kappa shape index (κ2) is 6.01. The number of fused-ring (bicyclic) bond motifs is 1. The zero-order chi connectivity index (χ0) is 16.6. The third-order valence-electron chi connectivity index (χ3n) is 3.75. The number of imidazole rings is 1. The van der Waals surface area contributed by atoms with Gasteiger partial charge in [-0.2, -0.15) is 5.26 Å². The molecule has 0 amide bonds. The van der Waals surface area contributed by atoms with Crippen LogP contribution in [0.15, 0.2) is 36.4 Å². The van der Waals surface area contributed by atoms with Gasteiger partial charge in [0.15, 0.2) is 0 Å². The lowest BCUT2D eigenvalue weighted by atomic mass is 10.0. The summed E-state index contributed by atoms with van der Waals surface area (Å²) >= 11 is 6.26. The summed E-state index contributed by atoms with van der Waals surface area (Å²) in [6, 6.07) is 12.4. The van der Waals surface area contributed by atoms with Crippen molar-refractivity contribution in [3.63, 3.8) is 0 Å². The molecule has 0 saturated heterocycles. The van der Waals surface area contributed by atoms with E-state index in [1.54, 1.807) is 19.1 Å². The Morgan fingerprint density at radius 1 is 1.30 bits per heavy atom. The van der Waals surface area contributed by atoms with E-state index in [0.29, 0.717) is 16.4 Å². The Hall–Kier alpha value is -2.39. The first kappa shape index (κ1) is 15.5. The molecule has 6 heteroatoms. The van der Waals surface area contributed by atoms with Crippen molar-refractivity contribution in [3.8, 4) is 17.2 Å². The lowest BCUT2D eigenvalue weighted by molar-refractivity contribution is 0.161. The maximum absolute atomic E-state index is 9.59. The Balaban J connectivity index is 2.05. The van der Waals surface area contributed by atoms with E-state index in [9.17, 15) is 5.11 Å². The number of aliphatic hydroxyl groups excluding tert-OH is 1. The normalized spacial score (nSPS) is 13.7. The SMILES string of the molecule is C[C@@H](O)[C@H](N)c1nc2cc(-c3ccc(C#N)cc3Cl)ccc2[nH]1. The molecule has 0 aliphatic rings. The van der Waals surface area contributed by atoms with Crippen molar-refractivity contribution in [1.29, 1.82) is 5.26 Å². The van der Waals surface area contributed by atoms with Crippen LogP contribution in [-0.4, -0.2) is 21.2 Å². The number of aliphatic hydroxyl groups is 1. The van der Waals surface area contributed by atoms with Gasteiger partial charge in [-0.25, -0.2) is 4.98 Å². The summed E-state index contributed by atoms with van der Waals surface area (Å²) in [5.41, 5.74) is 9.74. The average Bonchev–Trinajstić information content (AvgIpc) is 2.96. The van der Waals surface area contributed by atoms with Crippen LogP contribution in [0.5, 0.6) is 0 Å². The van der Waals surface area contributed by atoms with Crippen molar-refractivity contribution >= 4 is 22.6 Å². The molecule has 5 nitrogen and oxygen atoms in total. The third kappa shape index (κ3) is 2.92. The molecule has 0 spiro atoms. The number of nitrogens with one attached hydrogen (secondary N) is 1. The Kier molecular flexibility index (Phi) is 4.05. The summed E-state index contributed by atoms with van der Waals surface area (Å²) in [5.74, 6) is 0.540. The van der Waals surface area contributed by atoms with Crippen LogP contribution in [0.3, 0.4) is 0 Å². The molecule has 1 heterocycles. The molecule has 0 fully saturated rings. The number of nitrogens with zero attached hydrogens (tertiary/aromatic N) is 2. The quantitative estimate of drug-likeness (QED) is 0.688. The van der Waals surface area contributed by atoms with Crippen molar-refractivity contribution in [2.45, 2.75) is 19.1 Å². The van der Waals surface area contributed by atoms with Crippen LogP contribution >= 0.6 is 11.6 Å². The minimum Gasteiger partial charge on any atom is -0.391 e. The van der Waals surface area contributed by atoms with Crippen LogP contribution < -0.4 is 5.73 Å². The third-order valence-corrected chi connectivity index (χ3v) is 4.06. The number of halogens is 1. The van der Waals surface area contributed by atoms with Gasteiger partial charge in [-0.3, -0.25) is 0 Å². The number of nitrogens with two attached hydrogens (primary N) is 1. The summed E-state index contributed by atoms with van der Waals surface area (Å²) in [5, 5.41) is 19.0. The van der Waals surface area contributed by atoms with Gasteiger partial charge in [-0.1, -0.05) is 23.7 Å². The second-order valence-electron chi connectivity index (χ2n) is 5.43. The summed E-state index contributed by atoms with van der Waals surface area (Å²) in [4.78, 5) is 7.56. The minimum absolute atomic E-state index is 0.514. The molecule has 2 aromatic carbocycles. The van der Waals surface area contributed by atoms with Gasteiger partial charge < -0.3 is 15.8 Å². The summed E-state index contributed by atoms with van der Waals surface area (Å²) < 4.78 is 0. The molecule has 116 valence electrons. The first-order chi connectivity index (χ1) is 11.0. The first-order valence-corrected chi connectivity index (χ1v) is 7.50. The van der Waals surface area contributed by atoms with Crippen molar-refractivity contribution < 1.29 is 5.11 Å². The molecular weight excluding hydrogens is 312 g/mol. The van der Waals surface area contributed by atoms with E-state index in [4.69, 9.17) is 22.6 Å². The van der Waals surface area contributed by atoms with Crippen LogP contribution in [0.2, 0.25) is 5.02 Å². The van der Waals surface area contributed by atoms with Crippen molar-refractivity contribution in [2.24, 2.45) is 5.73 Å². The molecule has 0 aliphatic carbocycles. The average molecular weight is 327 g/mol. The Labute approximate surface area is 138 Å². The zero-order valence-corrected chi connectivity index (χ0v) is 13.2. The Bertz CT molecular complexity index is 911. The van der Waals surface area contributed by atoms with E-state index >= 15 is 0 Å². The smallest absolute Gasteiger partial charge is 0.126 e. The van der Waals surface area contributed by atoms with Crippen molar-refractivity contribution in [2.75, 3.05) is 0 Å². The molecule has 4 N–H and O–H groups in total. The largest absolute Gasteiger partial charge is 0.391 e. The predicted molar refractivity (Wildman–Crippen MR) is 89.9 cm³/mol. The number of benzene rings is 2. The highest BCUT2D eigenvalue weighted by Gasteiger charge is 2.16. The second-order valence-corrected chi connectivity index (χ2v) is 5.83. The van der Waals surface area contributed by atoms with Crippen LogP contribution in [-0.2, 0) is 0 Å². The van der Waals surface area contributed by atoms with Gasteiger partial charge in [0, 0.05) is 10.6 Å². The van der Waals surface area contributed by atoms with E-state index < -0.39 is 12.1 Å². The summed E-state index contributed by atoms with van der Waals surface area (Å²) in [7, 11) is 0. The fourth-order valence-corrected chi connectivity index (χ4v) is 2.69. The van der Waals surface area contributed by atoms with E-state index in [1.165, 1.54) is 0 Å². The highest BCUT2D eigenvalue weighted by molar-refractivity contribution is 6.33. The Morgan fingerprint density at radius 3 is 2.74 bits per heavy atom. The highest BCUT2D eigenvalue weighted by atomic mass is 35.5. The van der Waals surface area contributed by atoms with E-state index in [2.05, 4.69) is 16.0 Å². The molecule has 0 aliphatic heterocycles. The van der Waals surface area contributed by atoms with Gasteiger partial charge in [0.05, 0.1) is 34.8 Å². The zero-order valence-electron chi connectivity index (χ0n) is 12.4. The number of aromatic nitrogens is 2. The molecular formula is C17H15ClN4O. The number of hydrogen-bond acceptors (Lipinski definition) is 4. The Morgan fingerprint density at radius 2 is 2.09 bits per heavy atom. The number of hydrogen-bond donors (Lipinski definition) is 3. The van der Waals surface area contributed by atoms with Crippen LogP contribution in [0.4, 0.5) is 0 Å². The van der Waals surface area contributed by atoms with Crippen molar-refractivity contribution in [3.05, 3.63) is 52.8 Å². The minimum atomic E-state index is -0.692. The van der Waals surface area contributed by atoms with E-state index in [-0.39, 0.29) is 0 Å². The lowest BCUT2D eigenvalue weighted by Crippen LogP contribution is -2.24. The molecule has 3 aromatic rings. The molecule has 0 unspecified atom stereocenters. The fraction of sp³-hybridized carbons (Fsp3) is 0.176. The highest BCUT2D eigenvalue weighted by Crippen LogP contribution is 2.30. The molecule has 3 rings (SSSR count). The monoisotopic (exact) mass is 326 g/mol. The van der Waals surface area contributed by atoms with Crippen LogP contribution in [0.25, 0.3) is 22.2 Å². The van der Waals surface area contributed by atoms with Gasteiger partial charge in [0.25, 0.3) is 0 Å². The van der Waals surface area contributed by atoms with E-state index in [1.807, 2.05) is 24.3 Å². The van der Waals surface area contributed by atoms with Gasteiger partial charge >= 0.3 is 0 Å². The number of H-pyrrole nitrogens is 1. The number of aromatic amines is 1. The topological polar surface area (TPSA) is 98.7 Å². The summed E-state index contributed by atoms with van der Waals surface area (Å²) in [6.45, 7) is 1.62. The lowest BCUT2D eigenvalue weighted by Gasteiger charge is -2.10. The maximum Gasteiger partial charge on any atom is 0.126 e. The number of rotatable bonds is 3. The summed E-state index contributed by atoms with van der Waals surface area (Å²) in [6.07, 6.45) is -0.692. The van der Waals surface area contributed by atoms with Gasteiger partial charge in [-0.05, 0) is 36.8 Å². The van der Waals surface area contributed by atoms with Crippen LogP contribution in [0, 0.1) is 11.3 Å². The molecule has 2 atom stereocenters. The van der Waals surface area contributed by atoms with Crippen LogP contribution in [0.1, 0.15) is 24.4 Å². The first-order valence-electron chi connectivity index (χ1n) is 7.13. The predicted octanol–water partition coefficient (Wildman–Crippen LogP) is 3.14. The molecule has 0 radical (unpaired) electrons. The van der Waals surface area contributed by atoms with Gasteiger partial charge in [0.1, 0.15) is 5.82 Å². The molecule has 0 saturated carbocycles. The van der Waals surface area contributed by atoms with Gasteiger partial charge in [-0.15, -0.1) is 0 Å². The fourth-order valence-electron chi connectivity index (χ4n) is 2.40. The van der Waals surface area contributed by atoms with Gasteiger partial charge in [0.2, 0.25) is 0 Å². The number of nitriles is 1. The maximum atomic E-state index is 9.59. The van der Waals surface area contributed by atoms with E-state index in [0.717, 1.165) is 22.2 Å². The molecule has 23 heavy (non-hydrogen) atoms. The molecule has 0 bridgehead atoms.